The Labute approximate surface area is 203 Å². The second-order valence-corrected chi connectivity index (χ2v) is 9.96. The largest absolute Gasteiger partial charge is 0.497 e. The molecule has 3 aliphatic heterocycles. The fraction of sp³-hybridized carbons (Fsp3) is 0.393. The third-order valence-corrected chi connectivity index (χ3v) is 8.12. The van der Waals surface area contributed by atoms with E-state index in [9.17, 15) is 18.3 Å². The number of pyridine rings is 1. The van der Waals surface area contributed by atoms with Gasteiger partial charge in [0, 0.05) is 35.9 Å². The molecule has 1 aromatic heterocycles. The predicted molar refractivity (Wildman–Crippen MR) is 129 cm³/mol. The molecule has 184 valence electrons. The Morgan fingerprint density at radius 1 is 1.20 bits per heavy atom. The van der Waals surface area contributed by atoms with Crippen molar-refractivity contribution in [3.63, 3.8) is 0 Å². The minimum atomic E-state index is -4.36. The lowest BCUT2D eigenvalue weighted by atomic mass is 9.71. The highest BCUT2D eigenvalue weighted by Gasteiger charge is 2.54. The maximum atomic E-state index is 13.1. The van der Waals surface area contributed by atoms with Gasteiger partial charge in [0.1, 0.15) is 24.4 Å². The maximum absolute atomic E-state index is 13.1. The van der Waals surface area contributed by atoms with Crippen LogP contribution in [0.4, 0.5) is 13.2 Å². The highest BCUT2D eigenvalue weighted by Crippen LogP contribution is 2.48. The number of nitrogens with zero attached hydrogens (tertiary/aromatic N) is 2. The zero-order valence-corrected chi connectivity index (χ0v) is 19.7. The maximum Gasteiger partial charge on any atom is 0.416 e. The second-order valence-electron chi connectivity index (χ2n) is 9.96. The smallest absolute Gasteiger partial charge is 0.416 e. The molecule has 2 bridgehead atoms. The van der Waals surface area contributed by atoms with Crippen LogP contribution in [0.25, 0.3) is 10.9 Å². The number of alkyl halides is 3. The summed E-state index contributed by atoms with van der Waals surface area (Å²) in [6.07, 6.45) is 0.494. The Hall–Kier alpha value is -2.90. The van der Waals surface area contributed by atoms with Crippen molar-refractivity contribution in [2.75, 3.05) is 20.2 Å². The summed E-state index contributed by atoms with van der Waals surface area (Å²) >= 11 is 0. The molecule has 4 nitrogen and oxygen atoms in total. The molecule has 0 saturated carbocycles. The minimum Gasteiger partial charge on any atom is -0.497 e. The molecule has 3 fully saturated rings. The number of rotatable bonds is 6. The van der Waals surface area contributed by atoms with E-state index in [0.717, 1.165) is 60.1 Å². The number of quaternary nitrogens is 1. The van der Waals surface area contributed by atoms with Crippen LogP contribution in [0, 0.1) is 11.8 Å². The monoisotopic (exact) mass is 483 g/mol. The third kappa shape index (κ3) is 4.32. The molecule has 4 heterocycles. The minimum absolute atomic E-state index is 0.0796. The molecule has 3 saturated heterocycles. The number of methoxy groups -OCH3 is 1. The number of halogens is 3. The summed E-state index contributed by atoms with van der Waals surface area (Å²) < 4.78 is 45.3. The first-order chi connectivity index (χ1) is 16.7. The van der Waals surface area contributed by atoms with Crippen molar-refractivity contribution in [2.45, 2.75) is 37.7 Å². The van der Waals surface area contributed by atoms with Gasteiger partial charge in [0.25, 0.3) is 0 Å². The molecular formula is C28H30F3N2O2+. The fourth-order valence-corrected chi connectivity index (χ4v) is 6.28. The molecule has 35 heavy (non-hydrogen) atoms. The van der Waals surface area contributed by atoms with Gasteiger partial charge in [0.2, 0.25) is 0 Å². The van der Waals surface area contributed by atoms with Gasteiger partial charge in [-0.15, -0.1) is 6.58 Å². The number of fused-ring (bicyclic) bond motifs is 4. The molecule has 6 rings (SSSR count). The Balaban J connectivity index is 1.52. The highest BCUT2D eigenvalue weighted by atomic mass is 19.4. The number of aliphatic hydroxyl groups is 1. The number of hydrogen-bond acceptors (Lipinski definition) is 3. The third-order valence-electron chi connectivity index (χ3n) is 8.12. The summed E-state index contributed by atoms with van der Waals surface area (Å²) in [5.41, 5.74) is 1.80. The lowest BCUT2D eigenvalue weighted by molar-refractivity contribution is -0.984. The average Bonchev–Trinajstić information content (AvgIpc) is 2.87. The van der Waals surface area contributed by atoms with Gasteiger partial charge in [-0.1, -0.05) is 18.2 Å². The number of hydrogen-bond donors (Lipinski definition) is 1. The first-order valence-corrected chi connectivity index (χ1v) is 12.0. The summed E-state index contributed by atoms with van der Waals surface area (Å²) in [5, 5.41) is 12.7. The molecule has 0 unspecified atom stereocenters. The molecule has 3 aliphatic rings. The summed E-state index contributed by atoms with van der Waals surface area (Å²) in [6, 6.07) is 12.9. The van der Waals surface area contributed by atoms with E-state index in [4.69, 9.17) is 4.74 Å². The van der Waals surface area contributed by atoms with Gasteiger partial charge in [0.05, 0.1) is 31.3 Å². The van der Waals surface area contributed by atoms with Crippen molar-refractivity contribution >= 4 is 10.9 Å². The van der Waals surface area contributed by atoms with Crippen LogP contribution < -0.4 is 4.74 Å². The van der Waals surface area contributed by atoms with Crippen LogP contribution in [0.1, 0.15) is 35.6 Å². The molecule has 3 aromatic rings. The first-order valence-electron chi connectivity index (χ1n) is 12.0. The van der Waals surface area contributed by atoms with Gasteiger partial charge >= 0.3 is 6.18 Å². The molecule has 5 atom stereocenters. The molecule has 0 amide bonds. The molecule has 1 N–H and O–H groups in total. The van der Waals surface area contributed by atoms with Gasteiger partial charge in [0.15, 0.2) is 0 Å². The number of ether oxygens (including phenoxy) is 1. The molecule has 0 spiro atoms. The molecule has 0 radical (unpaired) electrons. The quantitative estimate of drug-likeness (QED) is 0.350. The van der Waals surface area contributed by atoms with Crippen LogP contribution in [0.3, 0.4) is 0 Å². The average molecular weight is 484 g/mol. The summed E-state index contributed by atoms with van der Waals surface area (Å²) in [4.78, 5) is 4.45. The Morgan fingerprint density at radius 3 is 2.66 bits per heavy atom. The predicted octanol–water partition coefficient (Wildman–Crippen LogP) is 5.91. The van der Waals surface area contributed by atoms with Gasteiger partial charge in [-0.3, -0.25) is 4.98 Å². The number of benzene rings is 2. The van der Waals surface area contributed by atoms with E-state index < -0.39 is 17.8 Å². The van der Waals surface area contributed by atoms with Crippen molar-refractivity contribution in [1.29, 1.82) is 0 Å². The van der Waals surface area contributed by atoms with E-state index in [2.05, 4.69) is 11.6 Å². The van der Waals surface area contributed by atoms with E-state index in [1.807, 2.05) is 30.3 Å². The van der Waals surface area contributed by atoms with E-state index in [1.165, 1.54) is 0 Å². The Morgan fingerprint density at radius 2 is 1.97 bits per heavy atom. The van der Waals surface area contributed by atoms with Crippen molar-refractivity contribution in [1.82, 2.24) is 4.98 Å². The SMILES string of the molecule is C=C[C@H]1C[N@+]2(Cc3ccc(C(F)(F)F)cc3)CC[C@H]1C[C@@H]2[C@H](O)c1ccnc2ccc(OC)cc12. The number of aromatic nitrogens is 1. The van der Waals surface area contributed by atoms with Crippen LogP contribution in [-0.2, 0) is 12.7 Å². The number of piperidine rings is 3. The molecular weight excluding hydrogens is 453 g/mol. The first kappa shape index (κ1) is 23.8. The lowest BCUT2D eigenvalue weighted by Crippen LogP contribution is -2.67. The Bertz CT molecular complexity index is 1230. The van der Waals surface area contributed by atoms with Crippen LogP contribution >= 0.6 is 0 Å². The van der Waals surface area contributed by atoms with Crippen LogP contribution in [0.15, 0.2) is 67.4 Å². The van der Waals surface area contributed by atoms with Gasteiger partial charge in [-0.25, -0.2) is 0 Å². The topological polar surface area (TPSA) is 42.4 Å². The van der Waals surface area contributed by atoms with Crippen LogP contribution in [0.5, 0.6) is 5.75 Å². The van der Waals surface area contributed by atoms with Crippen molar-refractivity contribution in [3.8, 4) is 5.75 Å². The molecule has 2 aromatic carbocycles. The summed E-state index contributed by atoms with van der Waals surface area (Å²) in [7, 11) is 1.61. The highest BCUT2D eigenvalue weighted by molar-refractivity contribution is 5.83. The zero-order chi connectivity index (χ0) is 24.8. The van der Waals surface area contributed by atoms with Gasteiger partial charge < -0.3 is 14.3 Å². The van der Waals surface area contributed by atoms with Crippen molar-refractivity contribution in [3.05, 3.63) is 84.1 Å². The second kappa shape index (κ2) is 8.95. The Kier molecular flexibility index (Phi) is 6.09. The van der Waals surface area contributed by atoms with E-state index in [0.29, 0.717) is 28.6 Å². The normalized spacial score (nSPS) is 27.1. The zero-order valence-electron chi connectivity index (χ0n) is 19.7. The van der Waals surface area contributed by atoms with Crippen LogP contribution in [0.2, 0.25) is 0 Å². The molecule has 0 aliphatic carbocycles. The fourth-order valence-electron chi connectivity index (χ4n) is 6.28. The van der Waals surface area contributed by atoms with Gasteiger partial charge in [-0.05, 0) is 47.9 Å². The summed E-state index contributed by atoms with van der Waals surface area (Å²) in [6.45, 7) is 6.32. The van der Waals surface area contributed by atoms with Crippen molar-refractivity contribution < 1.29 is 27.5 Å². The standard InChI is InChI=1S/C28H30F3N2O2/c1-3-19-17-33(16-18-4-6-21(7-5-18)28(29,30)31)13-11-20(19)14-26(33)27(34)23-10-12-32-25-9-8-22(35-2)15-24(23)25/h3-10,12,15,19-20,26-27,34H,1,11,13-14,16-17H2,2H3/q+1/t19-,20-,26+,27+,33+/m0/s1. The van der Waals surface area contributed by atoms with Gasteiger partial charge in [-0.2, -0.15) is 13.2 Å². The van der Waals surface area contributed by atoms with Crippen LogP contribution in [-0.4, -0.2) is 40.8 Å². The summed E-state index contributed by atoms with van der Waals surface area (Å²) in [5.74, 6) is 1.48. The van der Waals surface area contributed by atoms with Crippen molar-refractivity contribution in [2.24, 2.45) is 11.8 Å². The van der Waals surface area contributed by atoms with E-state index >= 15 is 0 Å². The lowest BCUT2D eigenvalue weighted by Gasteiger charge is -2.58. The number of aliphatic hydroxyl groups excluding tert-OH is 1. The van der Waals surface area contributed by atoms with E-state index in [1.54, 1.807) is 25.4 Å². The molecule has 7 heteroatoms. The van der Waals surface area contributed by atoms with E-state index in [-0.39, 0.29) is 6.04 Å².